The number of fused-ring (bicyclic) bond motifs is 2. The van der Waals surface area contributed by atoms with Crippen molar-refractivity contribution in [1.29, 1.82) is 0 Å². The lowest BCUT2D eigenvalue weighted by atomic mass is 9.96. The van der Waals surface area contributed by atoms with E-state index < -0.39 is 11.9 Å². The number of carbonyl (C=O) groups excluding carboxylic acids is 3. The van der Waals surface area contributed by atoms with Crippen molar-refractivity contribution in [3.8, 4) is 0 Å². The van der Waals surface area contributed by atoms with E-state index in [1.54, 1.807) is 11.0 Å². The number of likely N-dealkylation sites (tertiary alicyclic amines) is 2. The van der Waals surface area contributed by atoms with Crippen molar-refractivity contribution in [2.75, 3.05) is 45.2 Å². The van der Waals surface area contributed by atoms with E-state index in [1.165, 1.54) is 42.8 Å². The molecule has 3 N–H and O–H groups in total. The Morgan fingerprint density at radius 1 is 1.08 bits per heavy atom. The highest BCUT2D eigenvalue weighted by Crippen LogP contribution is 2.64. The van der Waals surface area contributed by atoms with Gasteiger partial charge in [-0.15, -0.1) is 0 Å². The Balaban J connectivity index is 0.00000155. The molecule has 2 aliphatic heterocycles. The molecule has 2 saturated heterocycles. The molecule has 12 heteroatoms. The fourth-order valence-corrected chi connectivity index (χ4v) is 8.23. The van der Waals surface area contributed by atoms with Gasteiger partial charge in [0.05, 0.1) is 18.1 Å². The van der Waals surface area contributed by atoms with Crippen molar-refractivity contribution in [2.24, 2.45) is 23.2 Å². The topological polar surface area (TPSA) is 135 Å². The van der Waals surface area contributed by atoms with Crippen LogP contribution in [0.15, 0.2) is 54.6 Å². The molecule has 0 bridgehead atoms. The van der Waals surface area contributed by atoms with Crippen LogP contribution in [0.25, 0.3) is 17.0 Å². The lowest BCUT2D eigenvalue weighted by Crippen LogP contribution is -2.52. The smallest absolute Gasteiger partial charge is 0.290 e. The Kier molecular flexibility index (Phi) is 11.2. The minimum Gasteiger partial charge on any atom is -0.483 e. The number of piperidine rings is 2. The van der Waals surface area contributed by atoms with Crippen molar-refractivity contribution in [3.63, 3.8) is 0 Å². The van der Waals surface area contributed by atoms with Crippen molar-refractivity contribution >= 4 is 46.9 Å². The van der Waals surface area contributed by atoms with Crippen LogP contribution in [0, 0.1) is 29.0 Å². The first-order chi connectivity index (χ1) is 25.3. The zero-order chi connectivity index (χ0) is 38.0. The average molecular weight is 727 g/mol. The van der Waals surface area contributed by atoms with Gasteiger partial charge in [-0.3, -0.25) is 19.2 Å². The maximum atomic E-state index is 14.1. The summed E-state index contributed by atoms with van der Waals surface area (Å²) in [5.74, 6) is -0.441. The number of pyridine rings is 1. The van der Waals surface area contributed by atoms with Crippen LogP contribution in [0.2, 0.25) is 0 Å². The van der Waals surface area contributed by atoms with Gasteiger partial charge in [0.2, 0.25) is 11.8 Å². The van der Waals surface area contributed by atoms with Gasteiger partial charge in [-0.2, -0.15) is 0 Å². The van der Waals surface area contributed by atoms with Crippen LogP contribution in [-0.4, -0.2) is 96.4 Å². The molecule has 282 valence electrons. The van der Waals surface area contributed by atoms with E-state index in [9.17, 15) is 18.8 Å². The Hall–Kier alpha value is -4.84. The van der Waals surface area contributed by atoms with E-state index in [1.807, 2.05) is 6.92 Å². The van der Waals surface area contributed by atoms with Gasteiger partial charge >= 0.3 is 0 Å². The lowest BCUT2D eigenvalue weighted by Gasteiger charge is -2.36. The van der Waals surface area contributed by atoms with E-state index in [-0.39, 0.29) is 59.6 Å². The van der Waals surface area contributed by atoms with Gasteiger partial charge in [-0.25, -0.2) is 9.37 Å². The van der Waals surface area contributed by atoms with Crippen LogP contribution in [0.4, 0.5) is 10.1 Å². The molecule has 0 unspecified atom stereocenters. The van der Waals surface area contributed by atoms with Crippen molar-refractivity contribution in [3.05, 3.63) is 77.2 Å². The number of nitrogens with one attached hydrogen (secondary N) is 2. The number of hydrogen-bond acceptors (Lipinski definition) is 7. The first-order valence-electron chi connectivity index (χ1n) is 18.6. The Bertz CT molecular complexity index is 1890. The van der Waals surface area contributed by atoms with Gasteiger partial charge < -0.3 is 30.4 Å². The summed E-state index contributed by atoms with van der Waals surface area (Å²) in [7, 11) is 4.37. The molecule has 3 heterocycles. The number of hydrogen-bond donors (Lipinski definition) is 3. The molecule has 3 aromatic rings. The fourth-order valence-electron chi connectivity index (χ4n) is 8.23. The summed E-state index contributed by atoms with van der Waals surface area (Å²) in [5, 5.41) is 13.4. The molecule has 4 atom stereocenters. The number of amides is 3. The largest absolute Gasteiger partial charge is 0.483 e. The van der Waals surface area contributed by atoms with Crippen molar-refractivity contribution in [1.82, 2.24) is 25.4 Å². The molecular weight excluding hydrogens is 675 g/mol. The summed E-state index contributed by atoms with van der Waals surface area (Å²) in [5.41, 5.74) is 3.93. The predicted octanol–water partition coefficient (Wildman–Crippen LogP) is 5.12. The number of benzene rings is 2. The van der Waals surface area contributed by atoms with Gasteiger partial charge in [0.15, 0.2) is 0 Å². The number of anilines is 1. The van der Waals surface area contributed by atoms with Crippen LogP contribution in [0.1, 0.15) is 74.1 Å². The molecule has 2 saturated carbocycles. The highest BCUT2D eigenvalue weighted by molar-refractivity contribution is 5.98. The monoisotopic (exact) mass is 726 g/mol. The molecule has 1 aromatic heterocycles. The fraction of sp³-hybridized carbons (Fsp3) is 0.488. The molecule has 7 rings (SSSR count). The van der Waals surface area contributed by atoms with E-state index in [0.29, 0.717) is 29.4 Å². The summed E-state index contributed by atoms with van der Waals surface area (Å²) in [4.78, 5) is 59.8. The Labute approximate surface area is 310 Å². The number of allylic oxidation sites excluding steroid dienone is 1. The molecule has 4 fully saturated rings. The Morgan fingerprint density at radius 3 is 2.49 bits per heavy atom. The second kappa shape index (κ2) is 15.6. The molecule has 11 nitrogen and oxygen atoms in total. The average Bonchev–Trinajstić information content (AvgIpc) is 4.01. The molecule has 3 amide bonds. The van der Waals surface area contributed by atoms with Crippen LogP contribution >= 0.6 is 0 Å². The molecule has 53 heavy (non-hydrogen) atoms. The van der Waals surface area contributed by atoms with Gasteiger partial charge in [0.25, 0.3) is 12.4 Å². The maximum Gasteiger partial charge on any atom is 0.290 e. The van der Waals surface area contributed by atoms with Gasteiger partial charge in [0, 0.05) is 30.7 Å². The third kappa shape index (κ3) is 8.38. The summed E-state index contributed by atoms with van der Waals surface area (Å²) < 4.78 is 13.6. The normalized spacial score (nSPS) is 22.8. The number of rotatable bonds is 10. The lowest BCUT2D eigenvalue weighted by molar-refractivity contribution is -0.139. The second-order valence-electron chi connectivity index (χ2n) is 15.7. The number of aromatic nitrogens is 1. The first-order valence-corrected chi connectivity index (χ1v) is 18.6. The van der Waals surface area contributed by atoms with Gasteiger partial charge in [0.1, 0.15) is 17.6 Å². The van der Waals surface area contributed by atoms with Crippen LogP contribution in [0.5, 0.6) is 0 Å². The van der Waals surface area contributed by atoms with Crippen LogP contribution in [-0.2, 0) is 14.4 Å². The minimum atomic E-state index is -0.615. The van der Waals surface area contributed by atoms with E-state index in [2.05, 4.69) is 83.7 Å². The summed E-state index contributed by atoms with van der Waals surface area (Å²) in [6.07, 6.45) is 9.22. The number of carboxylic acid groups (broad SMARTS) is 1. The second-order valence-corrected chi connectivity index (χ2v) is 15.7. The van der Waals surface area contributed by atoms with E-state index >= 15 is 0 Å². The summed E-state index contributed by atoms with van der Waals surface area (Å²) in [6.45, 7) is 8.52. The van der Waals surface area contributed by atoms with E-state index in [0.717, 1.165) is 37.1 Å². The molecular formula is C41H51FN6O5. The molecule has 2 aliphatic carbocycles. The predicted molar refractivity (Wildman–Crippen MR) is 203 cm³/mol. The van der Waals surface area contributed by atoms with Crippen LogP contribution < -0.4 is 15.5 Å². The molecule has 0 radical (unpaired) electrons. The zero-order valence-electron chi connectivity index (χ0n) is 31.2. The maximum absolute atomic E-state index is 14.1. The zero-order valence-corrected chi connectivity index (χ0v) is 31.2. The minimum absolute atomic E-state index is 0.0436. The third-order valence-electron chi connectivity index (χ3n) is 11.8. The number of carbonyl (C=O) groups is 4. The number of nitrogens with zero attached hydrogens (tertiary/aromatic N) is 4. The van der Waals surface area contributed by atoms with E-state index in [4.69, 9.17) is 9.90 Å². The molecule has 4 aliphatic rings. The quantitative estimate of drug-likeness (QED) is 0.245. The number of halogens is 1. The van der Waals surface area contributed by atoms with Gasteiger partial charge in [-0.1, -0.05) is 38.1 Å². The van der Waals surface area contributed by atoms with Crippen molar-refractivity contribution < 1.29 is 28.7 Å². The first kappa shape index (κ1) is 37.9. The standard InChI is InChI=1S/C40H49FN6O3.CH2O2/c1-24(31-13-12-30(21-26(31)9-8-25-6-7-25)46(5)29-16-18-45(4)19-17-29)43-39(50)37-36-32(40(36,2)3)23-47(37)35(48)22-42-38(49)34-14-10-27-20-28(41)11-15-33(27)44-34;2-1-3/h8-15,20-21,24-25,29,32,36-37H,6-7,16-19,22-23H2,1-5H3,(H,42,49)(H,43,50);1H,(H,2,3)/b9-8+;/t24-,32-,36-,37-;/m0./s1. The highest BCUT2D eigenvalue weighted by Gasteiger charge is 2.69. The van der Waals surface area contributed by atoms with Crippen LogP contribution in [0.3, 0.4) is 0 Å². The SMILES string of the molecule is C[C@H](NC(=O)[C@@H]1[C@@H]2[C@H](CN1C(=O)CNC(=O)c1ccc3cc(F)ccc3n1)C2(C)C)c1ccc(N(C)C2CCN(C)CC2)cc1/C=C/C1CC1.O=CO. The van der Waals surface area contributed by atoms with Gasteiger partial charge in [-0.05, 0) is 123 Å². The molecule has 2 aromatic carbocycles. The third-order valence-corrected chi connectivity index (χ3v) is 11.8. The van der Waals surface area contributed by atoms with Crippen molar-refractivity contribution in [2.45, 2.75) is 64.6 Å². The summed E-state index contributed by atoms with van der Waals surface area (Å²) in [6, 6.07) is 13.5. The summed E-state index contributed by atoms with van der Waals surface area (Å²) >= 11 is 0. The molecule has 0 spiro atoms. The Morgan fingerprint density at radius 2 is 1.79 bits per heavy atom. The highest BCUT2D eigenvalue weighted by atomic mass is 19.1.